The number of rotatable bonds is 7. The van der Waals surface area contributed by atoms with Gasteiger partial charge in [-0.15, -0.1) is 0 Å². The Morgan fingerprint density at radius 3 is 2.44 bits per heavy atom. The summed E-state index contributed by atoms with van der Waals surface area (Å²) in [6.45, 7) is 3.99. The second kappa shape index (κ2) is 8.00. The Labute approximate surface area is 160 Å². The fraction of sp³-hybridized carbons (Fsp3) is 0.526. The lowest BCUT2D eigenvalue weighted by molar-refractivity contribution is 0.225. The SMILES string of the molecule is O=S(=O)(c1ccc(NCC(c2ccco2)N2CCCC2)nc1)N1CCCC1. The van der Waals surface area contributed by atoms with Crippen LogP contribution >= 0.6 is 0 Å². The highest BCUT2D eigenvalue weighted by Gasteiger charge is 2.28. The van der Waals surface area contributed by atoms with Crippen molar-refractivity contribution >= 4 is 15.8 Å². The van der Waals surface area contributed by atoms with Crippen LogP contribution in [0.1, 0.15) is 37.5 Å². The summed E-state index contributed by atoms with van der Waals surface area (Å²) < 4.78 is 32.3. The zero-order chi connectivity index (χ0) is 18.7. The lowest BCUT2D eigenvalue weighted by Crippen LogP contribution is -2.31. The number of anilines is 1. The minimum atomic E-state index is -3.42. The number of nitrogens with one attached hydrogen (secondary N) is 1. The molecule has 1 atom stereocenters. The van der Waals surface area contributed by atoms with E-state index in [9.17, 15) is 8.42 Å². The third-order valence-electron chi connectivity index (χ3n) is 5.37. The minimum Gasteiger partial charge on any atom is -0.468 e. The number of pyridine rings is 1. The van der Waals surface area contributed by atoms with Crippen molar-refractivity contribution in [1.29, 1.82) is 0 Å². The molecule has 0 saturated carbocycles. The fourth-order valence-corrected chi connectivity index (χ4v) is 5.32. The smallest absolute Gasteiger partial charge is 0.244 e. The van der Waals surface area contributed by atoms with Gasteiger partial charge in [-0.3, -0.25) is 4.90 Å². The largest absolute Gasteiger partial charge is 0.468 e. The van der Waals surface area contributed by atoms with E-state index in [-0.39, 0.29) is 10.9 Å². The normalized spacial score (nSPS) is 20.1. The van der Waals surface area contributed by atoms with E-state index in [1.54, 1.807) is 18.4 Å². The number of aromatic nitrogens is 1. The maximum Gasteiger partial charge on any atom is 0.244 e. The molecule has 8 heteroatoms. The summed E-state index contributed by atoms with van der Waals surface area (Å²) in [6.07, 6.45) is 7.42. The van der Waals surface area contributed by atoms with Crippen LogP contribution in [0.2, 0.25) is 0 Å². The number of sulfonamides is 1. The lowest BCUT2D eigenvalue weighted by atomic mass is 10.2. The van der Waals surface area contributed by atoms with Gasteiger partial charge in [-0.05, 0) is 63.0 Å². The molecule has 4 heterocycles. The molecular formula is C19H26N4O3S. The highest BCUT2D eigenvalue weighted by atomic mass is 32.2. The molecule has 0 aromatic carbocycles. The van der Waals surface area contributed by atoms with Gasteiger partial charge in [0.15, 0.2) is 0 Å². The van der Waals surface area contributed by atoms with Crippen LogP contribution in [-0.2, 0) is 10.0 Å². The van der Waals surface area contributed by atoms with Gasteiger partial charge in [0.25, 0.3) is 0 Å². The topological polar surface area (TPSA) is 78.7 Å². The first kappa shape index (κ1) is 18.5. The van der Waals surface area contributed by atoms with Crippen molar-refractivity contribution in [2.75, 3.05) is 38.0 Å². The molecule has 2 fully saturated rings. The Bertz CT molecular complexity index is 824. The second-order valence-corrected chi connectivity index (χ2v) is 9.08. The summed E-state index contributed by atoms with van der Waals surface area (Å²) in [5.74, 6) is 1.61. The molecule has 7 nitrogen and oxygen atoms in total. The van der Waals surface area contributed by atoms with Crippen LogP contribution in [0.5, 0.6) is 0 Å². The summed E-state index contributed by atoms with van der Waals surface area (Å²) >= 11 is 0. The first-order valence-corrected chi connectivity index (χ1v) is 11.1. The van der Waals surface area contributed by atoms with Gasteiger partial charge in [0, 0.05) is 25.8 Å². The van der Waals surface area contributed by atoms with Crippen LogP contribution in [0.15, 0.2) is 46.0 Å². The van der Waals surface area contributed by atoms with Crippen molar-refractivity contribution in [2.45, 2.75) is 36.6 Å². The number of likely N-dealkylation sites (tertiary alicyclic amines) is 1. The van der Waals surface area contributed by atoms with E-state index in [2.05, 4.69) is 15.2 Å². The van der Waals surface area contributed by atoms with Crippen molar-refractivity contribution in [2.24, 2.45) is 0 Å². The van der Waals surface area contributed by atoms with Crippen molar-refractivity contribution in [1.82, 2.24) is 14.2 Å². The molecule has 0 aliphatic carbocycles. The summed E-state index contributed by atoms with van der Waals surface area (Å²) in [7, 11) is -3.42. The number of furan rings is 1. The first-order chi connectivity index (χ1) is 13.1. The van der Waals surface area contributed by atoms with E-state index in [1.807, 2.05) is 12.1 Å². The van der Waals surface area contributed by atoms with Crippen molar-refractivity contribution in [3.8, 4) is 0 Å². The Morgan fingerprint density at radius 1 is 1.07 bits per heavy atom. The molecule has 1 unspecified atom stereocenters. The van der Waals surface area contributed by atoms with Crippen molar-refractivity contribution in [3.63, 3.8) is 0 Å². The van der Waals surface area contributed by atoms with Crippen molar-refractivity contribution in [3.05, 3.63) is 42.5 Å². The van der Waals surface area contributed by atoms with E-state index in [4.69, 9.17) is 4.42 Å². The Kier molecular flexibility index (Phi) is 5.47. The molecular weight excluding hydrogens is 364 g/mol. The summed E-state index contributed by atoms with van der Waals surface area (Å²) in [6, 6.07) is 7.45. The molecule has 27 heavy (non-hydrogen) atoms. The summed E-state index contributed by atoms with van der Waals surface area (Å²) in [4.78, 5) is 7.01. The van der Waals surface area contributed by atoms with Gasteiger partial charge < -0.3 is 9.73 Å². The van der Waals surface area contributed by atoms with Gasteiger partial charge in [0.05, 0.1) is 12.3 Å². The van der Waals surface area contributed by atoms with Gasteiger partial charge in [0.1, 0.15) is 16.5 Å². The standard InChI is InChI=1S/C19H26N4O3S/c24-27(25,23-11-3-4-12-23)16-7-8-19(20-14-16)21-15-17(18-6-5-13-26-18)22-9-1-2-10-22/h5-8,13-14,17H,1-4,9-12,15H2,(H,20,21). The molecule has 2 aromatic heterocycles. The van der Waals surface area contributed by atoms with Gasteiger partial charge in [-0.1, -0.05) is 0 Å². The van der Waals surface area contributed by atoms with E-state index in [0.717, 1.165) is 31.7 Å². The van der Waals surface area contributed by atoms with Gasteiger partial charge in [-0.25, -0.2) is 13.4 Å². The molecule has 0 bridgehead atoms. The molecule has 2 aliphatic rings. The van der Waals surface area contributed by atoms with Crippen LogP contribution in [-0.4, -0.2) is 55.3 Å². The molecule has 0 amide bonds. The average molecular weight is 391 g/mol. The summed E-state index contributed by atoms with van der Waals surface area (Å²) in [5.41, 5.74) is 0. The molecule has 0 radical (unpaired) electrons. The van der Waals surface area contributed by atoms with E-state index < -0.39 is 10.0 Å². The molecule has 4 rings (SSSR count). The molecule has 1 N–H and O–H groups in total. The number of nitrogens with zero attached hydrogens (tertiary/aromatic N) is 3. The highest BCUT2D eigenvalue weighted by molar-refractivity contribution is 7.89. The molecule has 146 valence electrons. The van der Waals surface area contributed by atoms with Crippen LogP contribution < -0.4 is 5.32 Å². The second-order valence-electron chi connectivity index (χ2n) is 7.15. The maximum absolute atomic E-state index is 12.6. The van der Waals surface area contributed by atoms with Gasteiger partial charge in [-0.2, -0.15) is 4.31 Å². The predicted octanol–water partition coefficient (Wildman–Crippen LogP) is 2.71. The zero-order valence-corrected chi connectivity index (χ0v) is 16.2. The van der Waals surface area contributed by atoms with Crippen LogP contribution in [0, 0.1) is 0 Å². The first-order valence-electron chi connectivity index (χ1n) is 9.62. The van der Waals surface area contributed by atoms with Gasteiger partial charge >= 0.3 is 0 Å². The number of hydrogen-bond acceptors (Lipinski definition) is 6. The molecule has 2 aliphatic heterocycles. The quantitative estimate of drug-likeness (QED) is 0.783. The van der Waals surface area contributed by atoms with Crippen LogP contribution in [0.25, 0.3) is 0 Å². The monoisotopic (exact) mass is 390 g/mol. The predicted molar refractivity (Wildman–Crippen MR) is 103 cm³/mol. The fourth-order valence-electron chi connectivity index (χ4n) is 3.86. The maximum atomic E-state index is 12.6. The van der Waals surface area contributed by atoms with Crippen molar-refractivity contribution < 1.29 is 12.8 Å². The average Bonchev–Trinajstić information content (AvgIpc) is 3.44. The Morgan fingerprint density at radius 2 is 1.81 bits per heavy atom. The molecule has 2 saturated heterocycles. The van der Waals surface area contributed by atoms with Crippen LogP contribution in [0.3, 0.4) is 0 Å². The van der Waals surface area contributed by atoms with E-state index >= 15 is 0 Å². The minimum absolute atomic E-state index is 0.150. The third-order valence-corrected chi connectivity index (χ3v) is 7.25. The van der Waals surface area contributed by atoms with E-state index in [0.29, 0.717) is 25.5 Å². The third kappa shape index (κ3) is 4.02. The molecule has 0 spiro atoms. The Hall–Kier alpha value is -1.90. The van der Waals surface area contributed by atoms with Gasteiger partial charge in [0.2, 0.25) is 10.0 Å². The summed E-state index contributed by atoms with van der Waals surface area (Å²) in [5, 5.41) is 3.34. The van der Waals surface area contributed by atoms with E-state index in [1.165, 1.54) is 23.3 Å². The van der Waals surface area contributed by atoms with Crippen LogP contribution in [0.4, 0.5) is 5.82 Å². The lowest BCUT2D eigenvalue weighted by Gasteiger charge is -2.26. The Balaban J connectivity index is 1.43. The molecule has 2 aromatic rings. The zero-order valence-electron chi connectivity index (χ0n) is 15.4. The highest BCUT2D eigenvalue weighted by Crippen LogP contribution is 2.26. The number of hydrogen-bond donors (Lipinski definition) is 1.